The van der Waals surface area contributed by atoms with Crippen LogP contribution in [0.1, 0.15) is 60.8 Å². The third kappa shape index (κ3) is 7.34. The number of hydrogen-bond donors (Lipinski definition) is 0. The molecule has 0 aromatic heterocycles. The maximum Gasteiger partial charge on any atom is 0.309 e. The predicted octanol–water partition coefficient (Wildman–Crippen LogP) is 6.83. The third-order valence-electron chi connectivity index (χ3n) is 7.53. The second-order valence-electron chi connectivity index (χ2n) is 12.0. The lowest BCUT2D eigenvalue weighted by Gasteiger charge is -2.39. The van der Waals surface area contributed by atoms with Crippen molar-refractivity contribution >= 4 is 28.9 Å². The largest absolute Gasteiger partial charge is 0.549 e. The van der Waals surface area contributed by atoms with E-state index in [9.17, 15) is 9.59 Å². The average Bonchev–Trinajstić information content (AvgIpc) is 2.62. The molecule has 3 atom stereocenters. The van der Waals surface area contributed by atoms with Gasteiger partial charge in [-0.2, -0.15) is 0 Å². The number of methoxy groups -OCH3 is 1. The molecule has 1 rings (SSSR count). The molecule has 1 aliphatic carbocycles. The number of carbonyl (C=O) groups is 2. The summed E-state index contributed by atoms with van der Waals surface area (Å²) in [5.41, 5.74) is 0. The monoisotopic (exact) mass is 482 g/mol. The van der Waals surface area contributed by atoms with Crippen LogP contribution in [0.3, 0.4) is 0 Å². The van der Waals surface area contributed by atoms with Gasteiger partial charge in [-0.1, -0.05) is 48.0 Å². The number of esters is 1. The molecule has 0 bridgehead atoms. The molecule has 0 saturated heterocycles. The van der Waals surface area contributed by atoms with Crippen LogP contribution in [0, 0.1) is 17.8 Å². The van der Waals surface area contributed by atoms with Gasteiger partial charge in [-0.25, -0.2) is 0 Å². The van der Waals surface area contributed by atoms with Crippen LogP contribution in [-0.4, -0.2) is 36.0 Å². The highest BCUT2D eigenvalue weighted by Gasteiger charge is 2.41. The average molecular weight is 483 g/mol. The van der Waals surface area contributed by atoms with Gasteiger partial charge in [-0.15, -0.1) is 0 Å². The minimum absolute atomic E-state index is 0.00215. The van der Waals surface area contributed by atoms with E-state index in [2.05, 4.69) is 67.7 Å². The van der Waals surface area contributed by atoms with E-state index in [0.29, 0.717) is 18.6 Å². The highest BCUT2D eigenvalue weighted by molar-refractivity contribution is 6.74. The third-order valence-corrected chi connectivity index (χ3v) is 16.2. The number of aldehydes is 1. The number of rotatable bonds is 7. The van der Waals surface area contributed by atoms with Crippen LogP contribution < -0.4 is 0 Å². The number of ether oxygens (including phenoxy) is 1. The summed E-state index contributed by atoms with van der Waals surface area (Å²) in [4.78, 5) is 24.6. The highest BCUT2D eigenvalue weighted by atomic mass is 28.4. The normalized spacial score (nSPS) is 25.3. The molecule has 32 heavy (non-hydrogen) atoms. The summed E-state index contributed by atoms with van der Waals surface area (Å²) < 4.78 is 18.0. The number of allylic oxidation sites excluding steroid dienone is 3. The Morgan fingerprint density at radius 2 is 1.56 bits per heavy atom. The molecule has 0 unspecified atom stereocenters. The second kappa shape index (κ2) is 10.7. The lowest BCUT2D eigenvalue weighted by atomic mass is 9.82. The Morgan fingerprint density at radius 1 is 1.00 bits per heavy atom. The quantitative estimate of drug-likeness (QED) is 0.172. The van der Waals surface area contributed by atoms with Gasteiger partial charge in [0, 0.05) is 5.92 Å². The molecule has 0 heterocycles. The Bertz CT molecular complexity index is 711. The Morgan fingerprint density at radius 3 is 2.03 bits per heavy atom. The van der Waals surface area contributed by atoms with Crippen LogP contribution in [0.25, 0.3) is 0 Å². The van der Waals surface area contributed by atoms with Crippen molar-refractivity contribution in [2.45, 2.75) is 97.1 Å². The van der Waals surface area contributed by atoms with Crippen LogP contribution >= 0.6 is 0 Å². The Balaban J connectivity index is 3.42. The summed E-state index contributed by atoms with van der Waals surface area (Å²) in [6.07, 6.45) is 8.77. The molecule has 184 valence electrons. The SMILES string of the molecule is COC(=O)[C@@H]1CCC[C@H](C=O)/C(O[Si](C)(C)C(C)(C)C)=C\[C@@H]1/C=C/O[Si](C)(C)C(C)(C)C. The molecular weight excluding hydrogens is 436 g/mol. The van der Waals surface area contributed by atoms with E-state index in [-0.39, 0.29) is 33.8 Å². The Hall–Kier alpha value is -1.35. The fourth-order valence-electron chi connectivity index (χ4n) is 3.11. The van der Waals surface area contributed by atoms with Crippen molar-refractivity contribution in [2.24, 2.45) is 17.8 Å². The molecule has 1 aliphatic rings. The Kier molecular flexibility index (Phi) is 9.61. The number of carbonyl (C=O) groups excluding carboxylic acids is 2. The van der Waals surface area contributed by atoms with Crippen LogP contribution in [0.15, 0.2) is 24.2 Å². The van der Waals surface area contributed by atoms with Gasteiger partial charge in [-0.05, 0) is 61.3 Å². The molecular formula is C25H46O5Si2. The van der Waals surface area contributed by atoms with Gasteiger partial charge in [0.05, 0.1) is 31.0 Å². The predicted molar refractivity (Wildman–Crippen MR) is 136 cm³/mol. The summed E-state index contributed by atoms with van der Waals surface area (Å²) in [7, 11) is -2.70. The molecule has 0 aliphatic heterocycles. The van der Waals surface area contributed by atoms with Gasteiger partial charge < -0.3 is 18.4 Å². The van der Waals surface area contributed by atoms with Crippen molar-refractivity contribution in [3.8, 4) is 0 Å². The minimum Gasteiger partial charge on any atom is -0.549 e. The van der Waals surface area contributed by atoms with Crippen LogP contribution in [0.2, 0.25) is 36.3 Å². The van der Waals surface area contributed by atoms with Crippen molar-refractivity contribution in [1.82, 2.24) is 0 Å². The van der Waals surface area contributed by atoms with Crippen LogP contribution in [0.5, 0.6) is 0 Å². The molecule has 0 spiro atoms. The maximum atomic E-state index is 12.6. The molecule has 0 amide bonds. The standard InChI is InChI=1S/C25H46O5Si2/c1-24(2,3)31(8,9)29-16-15-19-17-22(30-32(10,11)25(4,5)6)20(18-26)13-12-14-21(19)23(27)28-7/h15-21H,12-14H2,1-11H3/b16-15+,22-17+/t19-,20+,21+/m0/s1. The fraction of sp³-hybridized carbons (Fsp3) is 0.760. The Labute approximate surface area is 198 Å². The van der Waals surface area contributed by atoms with E-state index < -0.39 is 16.6 Å². The minimum atomic E-state index is -2.15. The topological polar surface area (TPSA) is 61.8 Å². The van der Waals surface area contributed by atoms with E-state index in [0.717, 1.165) is 12.7 Å². The molecule has 5 nitrogen and oxygen atoms in total. The van der Waals surface area contributed by atoms with Crippen LogP contribution in [-0.2, 0) is 23.2 Å². The van der Waals surface area contributed by atoms with Crippen molar-refractivity contribution in [3.63, 3.8) is 0 Å². The van der Waals surface area contributed by atoms with Crippen molar-refractivity contribution in [2.75, 3.05) is 7.11 Å². The summed E-state index contributed by atoms with van der Waals surface area (Å²) in [5.74, 6) is -0.416. The van der Waals surface area contributed by atoms with E-state index in [1.54, 1.807) is 6.26 Å². The first kappa shape index (κ1) is 28.7. The van der Waals surface area contributed by atoms with E-state index >= 15 is 0 Å². The summed E-state index contributed by atoms with van der Waals surface area (Å²) in [5, 5.41) is 0.0806. The zero-order chi connectivity index (χ0) is 25.0. The van der Waals surface area contributed by atoms with Crippen molar-refractivity contribution in [3.05, 3.63) is 24.2 Å². The van der Waals surface area contributed by atoms with E-state index in [1.807, 2.05) is 12.2 Å². The zero-order valence-electron chi connectivity index (χ0n) is 22.2. The molecule has 0 saturated carbocycles. The van der Waals surface area contributed by atoms with Gasteiger partial charge in [0.25, 0.3) is 0 Å². The summed E-state index contributed by atoms with van der Waals surface area (Å²) in [6.45, 7) is 21.9. The maximum absolute atomic E-state index is 12.6. The first-order valence-electron chi connectivity index (χ1n) is 11.7. The lowest BCUT2D eigenvalue weighted by molar-refractivity contribution is -0.146. The first-order valence-corrected chi connectivity index (χ1v) is 17.6. The smallest absolute Gasteiger partial charge is 0.309 e. The zero-order valence-corrected chi connectivity index (χ0v) is 24.2. The van der Waals surface area contributed by atoms with Gasteiger partial charge in [0.15, 0.2) is 0 Å². The van der Waals surface area contributed by atoms with Gasteiger partial charge >= 0.3 is 5.97 Å². The fourth-order valence-corrected chi connectivity index (χ4v) is 4.99. The molecule has 0 fully saturated rings. The molecule has 0 aromatic carbocycles. The van der Waals surface area contributed by atoms with E-state index in [4.69, 9.17) is 13.6 Å². The number of hydrogen-bond acceptors (Lipinski definition) is 5. The van der Waals surface area contributed by atoms with Crippen molar-refractivity contribution < 1.29 is 23.2 Å². The molecule has 0 radical (unpaired) electrons. The molecule has 0 N–H and O–H groups in total. The summed E-state index contributed by atoms with van der Waals surface area (Å²) >= 11 is 0. The summed E-state index contributed by atoms with van der Waals surface area (Å²) in [6, 6.07) is 0. The second-order valence-corrected chi connectivity index (χ2v) is 21.5. The first-order chi connectivity index (χ1) is 14.5. The molecule has 7 heteroatoms. The van der Waals surface area contributed by atoms with Gasteiger partial charge in [0.2, 0.25) is 16.6 Å². The van der Waals surface area contributed by atoms with Gasteiger partial charge in [-0.3, -0.25) is 4.79 Å². The highest BCUT2D eigenvalue weighted by Crippen LogP contribution is 2.41. The van der Waals surface area contributed by atoms with E-state index in [1.165, 1.54) is 7.11 Å². The van der Waals surface area contributed by atoms with Crippen LogP contribution in [0.4, 0.5) is 0 Å². The van der Waals surface area contributed by atoms with Crippen molar-refractivity contribution in [1.29, 1.82) is 0 Å². The van der Waals surface area contributed by atoms with Gasteiger partial charge in [0.1, 0.15) is 6.29 Å². The lowest BCUT2D eigenvalue weighted by Crippen LogP contribution is -2.42. The molecule has 0 aromatic rings.